The van der Waals surface area contributed by atoms with Crippen molar-refractivity contribution < 1.29 is 8.78 Å². The first-order chi connectivity index (χ1) is 9.61. The summed E-state index contributed by atoms with van der Waals surface area (Å²) >= 11 is 9.47. The first-order valence-corrected chi connectivity index (χ1v) is 7.66. The summed E-state index contributed by atoms with van der Waals surface area (Å²) in [7, 11) is 0. The lowest BCUT2D eigenvalue weighted by atomic mass is 9.94. The molecule has 0 saturated carbocycles. The van der Waals surface area contributed by atoms with Crippen molar-refractivity contribution in [2.45, 2.75) is 12.8 Å². The Morgan fingerprint density at radius 3 is 2.30 bits per heavy atom. The Morgan fingerprint density at radius 2 is 1.60 bits per heavy atom. The minimum absolute atomic E-state index is 0.0617. The van der Waals surface area contributed by atoms with Gasteiger partial charge < -0.3 is 0 Å². The van der Waals surface area contributed by atoms with E-state index in [4.69, 9.17) is 11.6 Å². The van der Waals surface area contributed by atoms with E-state index in [0.717, 1.165) is 22.5 Å². The molecule has 2 aromatic rings. The lowest BCUT2D eigenvalue weighted by Gasteiger charge is -2.15. The summed E-state index contributed by atoms with van der Waals surface area (Å²) in [6.07, 6.45) is 1.15. The highest BCUT2D eigenvalue weighted by atomic mass is 79.9. The fourth-order valence-electron chi connectivity index (χ4n) is 2.17. The van der Waals surface area contributed by atoms with E-state index in [-0.39, 0.29) is 5.92 Å². The smallest absolute Gasteiger partial charge is 0.162 e. The number of hydrogen-bond donors (Lipinski definition) is 0. The number of halogens is 4. The van der Waals surface area contributed by atoms with Gasteiger partial charge in [0.25, 0.3) is 0 Å². The lowest BCUT2D eigenvalue weighted by molar-refractivity contribution is 0.483. The van der Waals surface area contributed by atoms with Gasteiger partial charge in [-0.3, -0.25) is 0 Å². The summed E-state index contributed by atoms with van der Waals surface area (Å²) < 4.78 is 27.9. The van der Waals surface area contributed by atoms with Gasteiger partial charge in [-0.1, -0.05) is 46.3 Å². The van der Waals surface area contributed by atoms with Gasteiger partial charge in [-0.2, -0.15) is 0 Å². The fourth-order valence-corrected chi connectivity index (χ4v) is 2.84. The highest BCUT2D eigenvalue weighted by Crippen LogP contribution is 2.23. The zero-order valence-corrected chi connectivity index (χ0v) is 13.1. The van der Waals surface area contributed by atoms with Crippen LogP contribution in [0.3, 0.4) is 0 Å². The van der Waals surface area contributed by atoms with Crippen molar-refractivity contribution >= 4 is 27.5 Å². The van der Waals surface area contributed by atoms with E-state index in [1.807, 2.05) is 24.3 Å². The van der Waals surface area contributed by atoms with Crippen LogP contribution in [-0.2, 0) is 12.8 Å². The van der Waals surface area contributed by atoms with Crippen molar-refractivity contribution in [3.8, 4) is 0 Å². The Bertz CT molecular complexity index is 586. The Balaban J connectivity index is 2.14. The molecular formula is C16H14BrClF2. The van der Waals surface area contributed by atoms with Gasteiger partial charge in [0.1, 0.15) is 0 Å². The number of hydrogen-bond acceptors (Lipinski definition) is 0. The molecule has 0 amide bonds. The van der Waals surface area contributed by atoms with Crippen LogP contribution in [-0.4, -0.2) is 5.88 Å². The second-order valence-electron chi connectivity index (χ2n) is 4.73. The quantitative estimate of drug-likeness (QED) is 0.630. The molecule has 0 N–H and O–H groups in total. The third-order valence-corrected chi connectivity index (χ3v) is 4.43. The van der Waals surface area contributed by atoms with Gasteiger partial charge in [0.05, 0.1) is 0 Å². The molecule has 2 rings (SSSR count). The Labute approximate surface area is 130 Å². The molecule has 1 unspecified atom stereocenters. The summed E-state index contributed by atoms with van der Waals surface area (Å²) in [6, 6.07) is 12.1. The molecule has 0 saturated heterocycles. The molecule has 0 aliphatic carbocycles. The average Bonchev–Trinajstić information content (AvgIpc) is 2.45. The Hall–Kier alpha value is -0.930. The lowest BCUT2D eigenvalue weighted by Crippen LogP contribution is -2.12. The van der Waals surface area contributed by atoms with Crippen molar-refractivity contribution in [3.05, 3.63) is 69.7 Å². The van der Waals surface area contributed by atoms with Crippen LogP contribution in [0.5, 0.6) is 0 Å². The normalized spacial score (nSPS) is 12.4. The maximum atomic E-state index is 13.7. The van der Waals surface area contributed by atoms with Gasteiger partial charge in [-0.05, 0) is 42.0 Å². The first-order valence-electron chi connectivity index (χ1n) is 6.34. The number of rotatable bonds is 5. The van der Waals surface area contributed by atoms with Gasteiger partial charge >= 0.3 is 0 Å². The monoisotopic (exact) mass is 358 g/mol. The highest BCUT2D eigenvalue weighted by Gasteiger charge is 2.15. The SMILES string of the molecule is Fc1cccc(CC(CCl)Cc2ccccc2Br)c1F. The number of alkyl halides is 1. The summed E-state index contributed by atoms with van der Waals surface area (Å²) in [5.41, 5.74) is 1.50. The van der Waals surface area contributed by atoms with Crippen LogP contribution in [0.1, 0.15) is 11.1 Å². The minimum atomic E-state index is -0.809. The van der Waals surface area contributed by atoms with E-state index in [1.54, 1.807) is 6.07 Å². The predicted octanol–water partition coefficient (Wildman–Crippen LogP) is 5.37. The highest BCUT2D eigenvalue weighted by molar-refractivity contribution is 9.10. The van der Waals surface area contributed by atoms with E-state index < -0.39 is 11.6 Å². The fraction of sp³-hybridized carbons (Fsp3) is 0.250. The Morgan fingerprint density at radius 1 is 0.950 bits per heavy atom. The van der Waals surface area contributed by atoms with Crippen molar-refractivity contribution in [3.63, 3.8) is 0 Å². The van der Waals surface area contributed by atoms with Crippen molar-refractivity contribution in [2.75, 3.05) is 5.88 Å². The topological polar surface area (TPSA) is 0 Å². The third kappa shape index (κ3) is 3.80. The molecule has 0 radical (unpaired) electrons. The van der Waals surface area contributed by atoms with Crippen LogP contribution in [0.25, 0.3) is 0 Å². The second kappa shape index (κ2) is 7.19. The molecule has 0 nitrogen and oxygen atoms in total. The number of benzene rings is 2. The second-order valence-corrected chi connectivity index (χ2v) is 5.90. The van der Waals surface area contributed by atoms with Crippen LogP contribution in [0, 0.1) is 17.6 Å². The predicted molar refractivity (Wildman–Crippen MR) is 82.1 cm³/mol. The van der Waals surface area contributed by atoms with E-state index in [1.165, 1.54) is 6.07 Å². The summed E-state index contributed by atoms with van der Waals surface area (Å²) in [5.74, 6) is -1.12. The molecule has 0 aliphatic heterocycles. The summed E-state index contributed by atoms with van der Waals surface area (Å²) in [6.45, 7) is 0. The van der Waals surface area contributed by atoms with E-state index in [2.05, 4.69) is 15.9 Å². The van der Waals surface area contributed by atoms with Crippen molar-refractivity contribution in [2.24, 2.45) is 5.92 Å². The molecule has 0 spiro atoms. The first kappa shape index (κ1) is 15.5. The molecular weight excluding hydrogens is 346 g/mol. The third-order valence-electron chi connectivity index (χ3n) is 3.22. The van der Waals surface area contributed by atoms with Crippen LogP contribution < -0.4 is 0 Å². The molecule has 20 heavy (non-hydrogen) atoms. The van der Waals surface area contributed by atoms with Gasteiger partial charge in [-0.15, -0.1) is 11.6 Å². The molecule has 106 valence electrons. The van der Waals surface area contributed by atoms with Gasteiger partial charge in [0, 0.05) is 10.4 Å². The van der Waals surface area contributed by atoms with Gasteiger partial charge in [0.2, 0.25) is 0 Å². The zero-order chi connectivity index (χ0) is 14.5. The van der Waals surface area contributed by atoms with Gasteiger partial charge in [-0.25, -0.2) is 8.78 Å². The molecule has 2 aromatic carbocycles. The van der Waals surface area contributed by atoms with Crippen LogP contribution in [0.15, 0.2) is 46.9 Å². The summed E-state index contributed by atoms with van der Waals surface area (Å²) in [5, 5.41) is 0. The van der Waals surface area contributed by atoms with Crippen LogP contribution in [0.2, 0.25) is 0 Å². The largest absolute Gasteiger partial charge is 0.204 e. The molecule has 4 heteroatoms. The van der Waals surface area contributed by atoms with E-state index >= 15 is 0 Å². The standard InChI is InChI=1S/C16H14BrClF2/c17-14-6-2-1-4-12(14)8-11(10-18)9-13-5-3-7-15(19)16(13)20/h1-7,11H,8-10H2. The maximum Gasteiger partial charge on any atom is 0.162 e. The average molecular weight is 360 g/mol. The minimum Gasteiger partial charge on any atom is -0.204 e. The molecule has 0 bridgehead atoms. The van der Waals surface area contributed by atoms with Crippen molar-refractivity contribution in [1.82, 2.24) is 0 Å². The van der Waals surface area contributed by atoms with Crippen LogP contribution in [0.4, 0.5) is 8.78 Å². The molecule has 1 atom stereocenters. The van der Waals surface area contributed by atoms with Crippen LogP contribution >= 0.6 is 27.5 Å². The zero-order valence-electron chi connectivity index (χ0n) is 10.8. The molecule has 0 aromatic heterocycles. The maximum absolute atomic E-state index is 13.7. The Kier molecular flexibility index (Phi) is 5.55. The van der Waals surface area contributed by atoms with Gasteiger partial charge in [0.15, 0.2) is 11.6 Å². The molecule has 0 aliphatic rings. The van der Waals surface area contributed by atoms with E-state index in [9.17, 15) is 8.78 Å². The van der Waals surface area contributed by atoms with E-state index in [0.29, 0.717) is 17.9 Å². The summed E-state index contributed by atoms with van der Waals surface area (Å²) in [4.78, 5) is 0. The molecule has 0 fully saturated rings. The van der Waals surface area contributed by atoms with Crippen molar-refractivity contribution in [1.29, 1.82) is 0 Å². The molecule has 0 heterocycles.